The minimum atomic E-state index is -0.227. The van der Waals surface area contributed by atoms with Crippen molar-refractivity contribution in [3.63, 3.8) is 0 Å². The predicted molar refractivity (Wildman–Crippen MR) is 75.5 cm³/mol. The Morgan fingerprint density at radius 2 is 1.95 bits per heavy atom. The minimum absolute atomic E-state index is 0.227. The maximum absolute atomic E-state index is 13.7. The highest BCUT2D eigenvalue weighted by Crippen LogP contribution is 2.32. The van der Waals surface area contributed by atoms with E-state index in [0.29, 0.717) is 24.4 Å². The zero-order valence-electron chi connectivity index (χ0n) is 11.0. The lowest BCUT2D eigenvalue weighted by molar-refractivity contribution is 0.598. The Morgan fingerprint density at radius 1 is 1.21 bits per heavy atom. The summed E-state index contributed by atoms with van der Waals surface area (Å²) in [7, 11) is 1.86. The summed E-state index contributed by atoms with van der Waals surface area (Å²) in [6, 6.07) is 5.09. The van der Waals surface area contributed by atoms with Crippen molar-refractivity contribution in [2.45, 2.75) is 13.1 Å². The first-order valence-corrected chi connectivity index (χ1v) is 6.09. The summed E-state index contributed by atoms with van der Waals surface area (Å²) in [6.45, 7) is 8.72. The van der Waals surface area contributed by atoms with Gasteiger partial charge in [0.15, 0.2) is 0 Å². The van der Waals surface area contributed by atoms with Gasteiger partial charge in [-0.3, -0.25) is 0 Å². The first-order valence-electron chi connectivity index (χ1n) is 6.09. The number of halogens is 1. The molecule has 19 heavy (non-hydrogen) atoms. The van der Waals surface area contributed by atoms with E-state index in [2.05, 4.69) is 23.8 Å². The molecule has 0 fully saturated rings. The highest BCUT2D eigenvalue weighted by atomic mass is 19.1. The van der Waals surface area contributed by atoms with Gasteiger partial charge in [0.2, 0.25) is 0 Å². The molecular weight excluding hydrogens is 241 g/mol. The third-order valence-electron chi connectivity index (χ3n) is 3.21. The van der Waals surface area contributed by atoms with Crippen LogP contribution in [0, 0.1) is 5.82 Å². The molecule has 2 rings (SSSR count). The molecule has 0 aliphatic heterocycles. The van der Waals surface area contributed by atoms with Gasteiger partial charge in [-0.1, -0.05) is 19.2 Å². The molecule has 0 radical (unpaired) electrons. The number of benzene rings is 1. The molecule has 1 aliphatic rings. The van der Waals surface area contributed by atoms with E-state index in [9.17, 15) is 4.39 Å². The Morgan fingerprint density at radius 3 is 2.58 bits per heavy atom. The summed E-state index contributed by atoms with van der Waals surface area (Å²) in [6.07, 6.45) is 0. The van der Waals surface area contributed by atoms with E-state index in [4.69, 9.17) is 5.73 Å². The smallest absolute Gasteiger partial charge is 0.128 e. The summed E-state index contributed by atoms with van der Waals surface area (Å²) < 4.78 is 13.7. The van der Waals surface area contributed by atoms with Gasteiger partial charge >= 0.3 is 0 Å². The van der Waals surface area contributed by atoms with E-state index in [-0.39, 0.29) is 5.82 Å². The first-order chi connectivity index (χ1) is 9.04. The van der Waals surface area contributed by atoms with Crippen molar-refractivity contribution in [2.24, 2.45) is 5.73 Å². The topological polar surface area (TPSA) is 50.1 Å². The van der Waals surface area contributed by atoms with Gasteiger partial charge in [-0.05, 0) is 24.7 Å². The summed E-state index contributed by atoms with van der Waals surface area (Å²) in [5, 5.41) is 6.15. The summed E-state index contributed by atoms with van der Waals surface area (Å²) in [4.78, 5) is 0. The second-order valence-electron chi connectivity index (χ2n) is 4.56. The molecule has 4 N–H and O–H groups in total. The zero-order valence-corrected chi connectivity index (χ0v) is 11.0. The van der Waals surface area contributed by atoms with Gasteiger partial charge in [-0.15, -0.1) is 0 Å². The minimum Gasteiger partial charge on any atom is -0.397 e. The first kappa shape index (κ1) is 13.4. The van der Waals surface area contributed by atoms with Crippen LogP contribution < -0.4 is 16.4 Å². The van der Waals surface area contributed by atoms with Crippen LogP contribution in [0.15, 0.2) is 53.9 Å². The molecule has 0 bridgehead atoms. The Bertz CT molecular complexity index is 573. The van der Waals surface area contributed by atoms with Crippen molar-refractivity contribution in [1.29, 1.82) is 0 Å². The second-order valence-corrected chi connectivity index (χ2v) is 4.56. The van der Waals surface area contributed by atoms with E-state index in [1.807, 2.05) is 13.1 Å². The zero-order chi connectivity index (χ0) is 14.0. The number of hydrogen-bond donors (Lipinski definition) is 3. The maximum atomic E-state index is 13.7. The third kappa shape index (κ3) is 2.53. The SMILES string of the molecule is C=C1C(=C)C(NCc2cc(CNC)ccc2F)=C1N. The molecule has 0 atom stereocenters. The standard InChI is InChI=1S/C15H18FN3/c1-9-10(2)15(14(9)17)19-8-12-6-11(7-18-3)4-5-13(12)16/h4-6,18-19H,1-2,7-8,17H2,3H3. The van der Waals surface area contributed by atoms with Crippen molar-refractivity contribution in [3.8, 4) is 0 Å². The van der Waals surface area contributed by atoms with Crippen LogP contribution in [0.4, 0.5) is 4.39 Å². The van der Waals surface area contributed by atoms with Gasteiger partial charge in [0, 0.05) is 29.8 Å². The molecule has 1 aromatic rings. The highest BCUT2D eigenvalue weighted by molar-refractivity contribution is 5.65. The van der Waals surface area contributed by atoms with Crippen molar-refractivity contribution < 1.29 is 4.39 Å². The van der Waals surface area contributed by atoms with E-state index in [1.54, 1.807) is 6.07 Å². The molecule has 0 unspecified atom stereocenters. The number of rotatable bonds is 5. The highest BCUT2D eigenvalue weighted by Gasteiger charge is 2.23. The van der Waals surface area contributed by atoms with E-state index in [1.165, 1.54) is 6.07 Å². The quantitative estimate of drug-likeness (QED) is 0.757. The van der Waals surface area contributed by atoms with Gasteiger partial charge in [0.25, 0.3) is 0 Å². The normalized spacial score (nSPS) is 14.6. The van der Waals surface area contributed by atoms with Crippen molar-refractivity contribution in [1.82, 2.24) is 10.6 Å². The Hall–Kier alpha value is -2.07. The van der Waals surface area contributed by atoms with Gasteiger partial charge in [-0.2, -0.15) is 0 Å². The number of allylic oxidation sites excluding steroid dienone is 2. The number of nitrogens with two attached hydrogens (primary N) is 1. The van der Waals surface area contributed by atoms with E-state index >= 15 is 0 Å². The third-order valence-corrected chi connectivity index (χ3v) is 3.21. The fourth-order valence-corrected chi connectivity index (χ4v) is 2.03. The summed E-state index contributed by atoms with van der Waals surface area (Å²) >= 11 is 0. The molecule has 0 amide bonds. The van der Waals surface area contributed by atoms with E-state index < -0.39 is 0 Å². The summed E-state index contributed by atoms with van der Waals surface area (Å²) in [5.41, 5.74) is 10.4. The average molecular weight is 259 g/mol. The molecule has 3 nitrogen and oxygen atoms in total. The molecule has 1 aliphatic carbocycles. The largest absolute Gasteiger partial charge is 0.397 e. The van der Waals surface area contributed by atoms with Crippen LogP contribution in [-0.4, -0.2) is 7.05 Å². The molecular formula is C15H18FN3. The number of nitrogens with one attached hydrogen (secondary N) is 2. The lowest BCUT2D eigenvalue weighted by atomic mass is 9.90. The monoisotopic (exact) mass is 259 g/mol. The van der Waals surface area contributed by atoms with E-state index in [0.717, 1.165) is 22.4 Å². The van der Waals surface area contributed by atoms with Gasteiger partial charge in [0.05, 0.1) is 11.4 Å². The fraction of sp³-hybridized carbons (Fsp3) is 0.200. The number of hydrogen-bond acceptors (Lipinski definition) is 3. The Kier molecular flexibility index (Phi) is 3.71. The Balaban J connectivity index is 2.10. The van der Waals surface area contributed by atoms with Crippen LogP contribution in [0.1, 0.15) is 11.1 Å². The molecule has 4 heteroatoms. The molecule has 1 aromatic carbocycles. The molecule has 0 heterocycles. The van der Waals surface area contributed by atoms with Gasteiger partial charge in [-0.25, -0.2) is 4.39 Å². The van der Waals surface area contributed by atoms with Crippen LogP contribution in [0.25, 0.3) is 0 Å². The van der Waals surface area contributed by atoms with Crippen molar-refractivity contribution in [2.75, 3.05) is 7.05 Å². The van der Waals surface area contributed by atoms with Crippen molar-refractivity contribution in [3.05, 3.63) is 70.8 Å². The van der Waals surface area contributed by atoms with Crippen LogP contribution >= 0.6 is 0 Å². The molecule has 0 saturated heterocycles. The molecule has 0 saturated carbocycles. The van der Waals surface area contributed by atoms with Crippen LogP contribution in [0.3, 0.4) is 0 Å². The van der Waals surface area contributed by atoms with Crippen molar-refractivity contribution >= 4 is 0 Å². The molecule has 100 valence electrons. The maximum Gasteiger partial charge on any atom is 0.128 e. The van der Waals surface area contributed by atoms with Crippen LogP contribution in [-0.2, 0) is 13.1 Å². The average Bonchev–Trinajstić information content (AvgIpc) is 2.42. The predicted octanol–water partition coefficient (Wildman–Crippen LogP) is 1.93. The second kappa shape index (κ2) is 5.28. The lowest BCUT2D eigenvalue weighted by Crippen LogP contribution is -2.28. The van der Waals surface area contributed by atoms with Crippen LogP contribution in [0.5, 0.6) is 0 Å². The fourth-order valence-electron chi connectivity index (χ4n) is 2.03. The van der Waals surface area contributed by atoms with Gasteiger partial charge in [0.1, 0.15) is 5.82 Å². The molecule has 0 spiro atoms. The lowest BCUT2D eigenvalue weighted by Gasteiger charge is -2.27. The van der Waals surface area contributed by atoms with Crippen LogP contribution in [0.2, 0.25) is 0 Å². The summed E-state index contributed by atoms with van der Waals surface area (Å²) in [5.74, 6) is -0.227. The van der Waals surface area contributed by atoms with Gasteiger partial charge < -0.3 is 16.4 Å². The Labute approximate surface area is 112 Å². The molecule has 0 aromatic heterocycles.